The maximum absolute atomic E-state index is 13.2. The van der Waals surface area contributed by atoms with Crippen molar-refractivity contribution < 1.29 is 23.1 Å². The molecule has 0 aromatic heterocycles. The van der Waals surface area contributed by atoms with Crippen molar-refractivity contribution in [1.82, 2.24) is 4.90 Å². The third-order valence-corrected chi connectivity index (χ3v) is 5.10. The van der Waals surface area contributed by atoms with Crippen LogP contribution in [-0.4, -0.2) is 36.3 Å². The third kappa shape index (κ3) is 4.14. The van der Waals surface area contributed by atoms with E-state index in [4.69, 9.17) is 4.74 Å². The Balaban J connectivity index is 1.58. The molecule has 152 valence electrons. The molecule has 1 aliphatic heterocycles. The normalized spacial score (nSPS) is 16.3. The van der Waals surface area contributed by atoms with Crippen molar-refractivity contribution in [3.05, 3.63) is 107 Å². The molecule has 0 spiro atoms. The van der Waals surface area contributed by atoms with E-state index in [1.165, 1.54) is 36.4 Å². The molecule has 0 bridgehead atoms. The van der Waals surface area contributed by atoms with E-state index in [2.05, 4.69) is 0 Å². The van der Waals surface area contributed by atoms with Crippen LogP contribution in [-0.2, 0) is 4.74 Å². The lowest BCUT2D eigenvalue weighted by Crippen LogP contribution is -2.42. The number of carbonyl (C=O) groups is 2. The zero-order chi connectivity index (χ0) is 21.1. The van der Waals surface area contributed by atoms with Crippen molar-refractivity contribution in [3.63, 3.8) is 0 Å². The molecule has 0 N–H and O–H groups in total. The second-order valence-corrected chi connectivity index (χ2v) is 7.04. The first-order valence-corrected chi connectivity index (χ1v) is 9.58. The molecule has 1 atom stereocenters. The van der Waals surface area contributed by atoms with Gasteiger partial charge in [-0.1, -0.05) is 30.3 Å². The van der Waals surface area contributed by atoms with Gasteiger partial charge in [0.05, 0.1) is 18.7 Å². The number of benzene rings is 3. The van der Waals surface area contributed by atoms with Crippen molar-refractivity contribution in [2.75, 3.05) is 19.7 Å². The molecule has 3 aromatic carbocycles. The van der Waals surface area contributed by atoms with Gasteiger partial charge >= 0.3 is 0 Å². The molecule has 1 unspecified atom stereocenters. The van der Waals surface area contributed by atoms with Gasteiger partial charge in [0.25, 0.3) is 5.91 Å². The predicted octanol–water partition coefficient (Wildman–Crippen LogP) is 4.41. The Morgan fingerprint density at radius 2 is 1.43 bits per heavy atom. The fourth-order valence-electron chi connectivity index (χ4n) is 3.51. The number of nitrogens with zero attached hydrogens (tertiary/aromatic N) is 1. The van der Waals surface area contributed by atoms with E-state index in [1.54, 1.807) is 41.3 Å². The first-order chi connectivity index (χ1) is 14.5. The summed E-state index contributed by atoms with van der Waals surface area (Å²) in [4.78, 5) is 27.8. The van der Waals surface area contributed by atoms with E-state index in [-0.39, 0.29) is 34.7 Å². The minimum atomic E-state index is -0.434. The monoisotopic (exact) mass is 407 g/mol. The van der Waals surface area contributed by atoms with Crippen LogP contribution in [0.5, 0.6) is 0 Å². The molecule has 3 aromatic rings. The van der Waals surface area contributed by atoms with Crippen LogP contribution in [0.3, 0.4) is 0 Å². The summed E-state index contributed by atoms with van der Waals surface area (Å²) < 4.78 is 32.2. The Kier molecular flexibility index (Phi) is 5.68. The minimum absolute atomic E-state index is 0.263. The topological polar surface area (TPSA) is 46.6 Å². The summed E-state index contributed by atoms with van der Waals surface area (Å²) in [5.41, 5.74) is 1.64. The highest BCUT2D eigenvalue weighted by atomic mass is 19.1. The molecule has 0 aliphatic carbocycles. The Morgan fingerprint density at radius 3 is 2.10 bits per heavy atom. The zero-order valence-electron chi connectivity index (χ0n) is 16.1. The van der Waals surface area contributed by atoms with Gasteiger partial charge in [-0.15, -0.1) is 0 Å². The van der Waals surface area contributed by atoms with Crippen LogP contribution in [0.2, 0.25) is 0 Å². The average Bonchev–Trinajstić information content (AvgIpc) is 2.79. The van der Waals surface area contributed by atoms with Crippen molar-refractivity contribution in [1.29, 1.82) is 0 Å². The summed E-state index contributed by atoms with van der Waals surface area (Å²) in [6, 6.07) is 17.8. The molecular weight excluding hydrogens is 388 g/mol. The Morgan fingerprint density at radius 1 is 0.833 bits per heavy atom. The smallest absolute Gasteiger partial charge is 0.254 e. The Hall–Kier alpha value is -3.38. The number of ether oxygens (including phenoxy) is 1. The van der Waals surface area contributed by atoms with Gasteiger partial charge in [0, 0.05) is 17.7 Å². The molecule has 1 amide bonds. The largest absolute Gasteiger partial charge is 0.370 e. The van der Waals surface area contributed by atoms with Gasteiger partial charge in [-0.25, -0.2) is 8.78 Å². The summed E-state index contributed by atoms with van der Waals surface area (Å²) in [5, 5.41) is 0. The number of halogens is 2. The quantitative estimate of drug-likeness (QED) is 0.602. The summed E-state index contributed by atoms with van der Waals surface area (Å²) in [5.74, 6) is -1.40. The number of ketones is 1. The van der Waals surface area contributed by atoms with Crippen LogP contribution in [0.15, 0.2) is 72.8 Å². The molecule has 6 heteroatoms. The van der Waals surface area contributed by atoms with Gasteiger partial charge in [-0.3, -0.25) is 9.59 Å². The average molecular weight is 407 g/mol. The molecular formula is C24H19F2NO3. The molecule has 0 saturated carbocycles. The van der Waals surface area contributed by atoms with E-state index in [0.717, 1.165) is 5.56 Å². The Labute approximate surface area is 172 Å². The van der Waals surface area contributed by atoms with Crippen LogP contribution >= 0.6 is 0 Å². The molecule has 1 saturated heterocycles. The summed E-state index contributed by atoms with van der Waals surface area (Å²) in [6.45, 7) is 1.01. The first kappa shape index (κ1) is 19.9. The van der Waals surface area contributed by atoms with Crippen molar-refractivity contribution >= 4 is 11.7 Å². The maximum atomic E-state index is 13.2. The van der Waals surface area contributed by atoms with Gasteiger partial charge in [0.2, 0.25) is 0 Å². The van der Waals surface area contributed by atoms with Crippen LogP contribution < -0.4 is 0 Å². The van der Waals surface area contributed by atoms with Gasteiger partial charge in [-0.2, -0.15) is 0 Å². The van der Waals surface area contributed by atoms with Crippen LogP contribution in [0.4, 0.5) is 8.78 Å². The van der Waals surface area contributed by atoms with E-state index in [0.29, 0.717) is 25.3 Å². The number of morpholine rings is 1. The molecule has 1 fully saturated rings. The number of hydrogen-bond acceptors (Lipinski definition) is 3. The lowest BCUT2D eigenvalue weighted by atomic mass is 9.97. The Bertz CT molecular complexity index is 1060. The van der Waals surface area contributed by atoms with E-state index in [9.17, 15) is 18.4 Å². The minimum Gasteiger partial charge on any atom is -0.370 e. The second-order valence-electron chi connectivity index (χ2n) is 7.04. The zero-order valence-corrected chi connectivity index (χ0v) is 16.1. The fraction of sp³-hybridized carbons (Fsp3) is 0.167. The van der Waals surface area contributed by atoms with Gasteiger partial charge in [0.1, 0.15) is 17.7 Å². The third-order valence-electron chi connectivity index (χ3n) is 5.10. The van der Waals surface area contributed by atoms with Crippen molar-refractivity contribution in [2.45, 2.75) is 6.10 Å². The number of rotatable bonds is 4. The fourth-order valence-corrected chi connectivity index (χ4v) is 3.51. The molecule has 4 nitrogen and oxygen atoms in total. The van der Waals surface area contributed by atoms with E-state index < -0.39 is 5.82 Å². The molecule has 1 aliphatic rings. The van der Waals surface area contributed by atoms with Crippen LogP contribution in [0, 0.1) is 11.6 Å². The summed E-state index contributed by atoms with van der Waals surface area (Å²) in [7, 11) is 0. The highest BCUT2D eigenvalue weighted by Crippen LogP contribution is 2.25. The van der Waals surface area contributed by atoms with Crippen LogP contribution in [0.25, 0.3) is 0 Å². The second kappa shape index (κ2) is 8.55. The standard InChI is InChI=1S/C24H19F2NO3/c25-18-9-5-16(6-10-18)22-15-27(13-14-30-22)24(29)21-4-2-1-3-20(21)23(28)17-7-11-19(26)12-8-17/h1-12,22H,13-15H2. The van der Waals surface area contributed by atoms with Gasteiger partial charge < -0.3 is 9.64 Å². The first-order valence-electron chi connectivity index (χ1n) is 9.58. The number of carbonyl (C=O) groups excluding carboxylic acids is 2. The highest BCUT2D eigenvalue weighted by molar-refractivity contribution is 6.15. The number of amides is 1. The van der Waals surface area contributed by atoms with E-state index in [1.807, 2.05) is 0 Å². The van der Waals surface area contributed by atoms with Gasteiger partial charge in [-0.05, 0) is 48.0 Å². The highest BCUT2D eigenvalue weighted by Gasteiger charge is 2.28. The van der Waals surface area contributed by atoms with E-state index >= 15 is 0 Å². The SMILES string of the molecule is O=C(c1ccc(F)cc1)c1ccccc1C(=O)N1CCOC(c2ccc(F)cc2)C1. The van der Waals surface area contributed by atoms with Crippen molar-refractivity contribution in [2.24, 2.45) is 0 Å². The molecule has 0 radical (unpaired) electrons. The molecule has 4 rings (SSSR count). The summed E-state index contributed by atoms with van der Waals surface area (Å²) >= 11 is 0. The lowest BCUT2D eigenvalue weighted by Gasteiger charge is -2.33. The predicted molar refractivity (Wildman–Crippen MR) is 107 cm³/mol. The lowest BCUT2D eigenvalue weighted by molar-refractivity contribution is -0.0228. The number of hydrogen-bond donors (Lipinski definition) is 0. The molecule has 30 heavy (non-hydrogen) atoms. The summed E-state index contributed by atoms with van der Waals surface area (Å²) in [6.07, 6.45) is -0.372. The van der Waals surface area contributed by atoms with Crippen molar-refractivity contribution in [3.8, 4) is 0 Å². The van der Waals surface area contributed by atoms with Crippen LogP contribution in [0.1, 0.15) is 37.9 Å². The maximum Gasteiger partial charge on any atom is 0.254 e. The molecule has 1 heterocycles. The van der Waals surface area contributed by atoms with Gasteiger partial charge in [0.15, 0.2) is 5.78 Å².